The third kappa shape index (κ3) is 7.08. The van der Waals surface area contributed by atoms with Crippen molar-refractivity contribution in [2.45, 2.75) is 6.42 Å². The van der Waals surface area contributed by atoms with E-state index in [0.29, 0.717) is 0 Å². The number of esters is 1. The minimum atomic E-state index is -0.470. The largest absolute Gasteiger partial charge is 0.469 e. The molecule has 0 spiro atoms. The van der Waals surface area contributed by atoms with E-state index in [1.165, 1.54) is 13.4 Å². The Balaban J connectivity index is 3.59. The highest BCUT2D eigenvalue weighted by Gasteiger charge is 2.01. The summed E-state index contributed by atoms with van der Waals surface area (Å²) in [4.78, 5) is 26.8. The molecule has 0 fully saturated rings. The Kier molecular flexibility index (Phi) is 6.09. The smallest absolute Gasteiger partial charge is 0.342 e. The number of urea groups is 1. The maximum Gasteiger partial charge on any atom is 0.342 e. The van der Waals surface area contributed by atoms with Crippen LogP contribution in [0.15, 0.2) is 4.99 Å². The maximum atomic E-state index is 10.9. The van der Waals surface area contributed by atoms with E-state index in [2.05, 4.69) is 15.0 Å². The van der Waals surface area contributed by atoms with Crippen molar-refractivity contribution in [3.8, 4) is 0 Å². The van der Waals surface area contributed by atoms with E-state index in [0.717, 1.165) is 0 Å². The van der Waals surface area contributed by atoms with E-state index in [9.17, 15) is 9.59 Å². The van der Waals surface area contributed by atoms with Crippen LogP contribution in [-0.2, 0) is 9.53 Å². The Hall–Kier alpha value is -1.59. The van der Waals surface area contributed by atoms with E-state index in [4.69, 9.17) is 0 Å². The van der Waals surface area contributed by atoms with Gasteiger partial charge in [-0.05, 0) is 0 Å². The summed E-state index contributed by atoms with van der Waals surface area (Å²) >= 11 is 0. The predicted octanol–water partition coefficient (Wildman–Crippen LogP) is -0.151. The fraction of sp³-hybridized carbons (Fsp3) is 0.625. The molecule has 6 nitrogen and oxygen atoms in total. The first kappa shape index (κ1) is 12.4. The Bertz CT molecular complexity index is 226. The second-order valence-electron chi connectivity index (χ2n) is 2.77. The number of nitrogens with zero attached hydrogens (tertiary/aromatic N) is 2. The molecule has 0 radical (unpaired) electrons. The van der Waals surface area contributed by atoms with Crippen LogP contribution in [0, 0.1) is 0 Å². The van der Waals surface area contributed by atoms with Crippen molar-refractivity contribution in [3.05, 3.63) is 0 Å². The quantitative estimate of drug-likeness (QED) is 0.390. The first-order chi connectivity index (χ1) is 6.56. The van der Waals surface area contributed by atoms with Crippen LogP contribution in [0.1, 0.15) is 6.42 Å². The molecule has 1 N–H and O–H groups in total. The van der Waals surface area contributed by atoms with Crippen molar-refractivity contribution in [3.63, 3.8) is 0 Å². The van der Waals surface area contributed by atoms with Gasteiger partial charge in [-0.25, -0.2) is 4.79 Å². The zero-order valence-electron chi connectivity index (χ0n) is 8.61. The fourth-order valence-electron chi connectivity index (χ4n) is 0.587. The van der Waals surface area contributed by atoms with Crippen LogP contribution in [0.4, 0.5) is 4.79 Å². The number of hydrogen-bond acceptors (Lipinski definition) is 3. The molecule has 0 aliphatic rings. The predicted molar refractivity (Wildman–Crippen MR) is 52.2 cm³/mol. The van der Waals surface area contributed by atoms with Crippen molar-refractivity contribution >= 4 is 18.3 Å². The summed E-state index contributed by atoms with van der Waals surface area (Å²) < 4.78 is 4.39. The number of methoxy groups -OCH3 is 1. The number of ether oxygens (including phenoxy) is 1. The molecule has 0 aliphatic heterocycles. The van der Waals surface area contributed by atoms with Crippen LogP contribution in [0.2, 0.25) is 0 Å². The van der Waals surface area contributed by atoms with Gasteiger partial charge in [-0.1, -0.05) is 0 Å². The normalized spacial score (nSPS) is 9.93. The number of carbonyl (C=O) groups excluding carboxylic acids is 2. The topological polar surface area (TPSA) is 71.0 Å². The van der Waals surface area contributed by atoms with Crippen LogP contribution in [0.3, 0.4) is 0 Å². The standard InChI is InChI=1S/C8H15N3O3/c1-11(2)6-10-8(13)9-5-4-7(12)14-3/h6H,4-5H2,1-3H3,(H,9,13). The lowest BCUT2D eigenvalue weighted by molar-refractivity contribution is -0.140. The molecule has 0 aliphatic carbocycles. The number of aliphatic imine (C=N–C) groups is 1. The minimum Gasteiger partial charge on any atom is -0.469 e. The molecule has 0 unspecified atom stereocenters. The molecule has 0 saturated heterocycles. The lowest BCUT2D eigenvalue weighted by Crippen LogP contribution is -2.24. The number of amides is 2. The Morgan fingerprint density at radius 3 is 2.64 bits per heavy atom. The molecule has 0 aromatic rings. The van der Waals surface area contributed by atoms with E-state index < -0.39 is 6.03 Å². The molecule has 0 atom stereocenters. The van der Waals surface area contributed by atoms with Crippen molar-refractivity contribution in [1.29, 1.82) is 0 Å². The van der Waals surface area contributed by atoms with Gasteiger partial charge in [0.15, 0.2) is 0 Å². The molecule has 0 aromatic carbocycles. The van der Waals surface area contributed by atoms with E-state index >= 15 is 0 Å². The zero-order valence-corrected chi connectivity index (χ0v) is 8.61. The number of nitrogens with one attached hydrogen (secondary N) is 1. The minimum absolute atomic E-state index is 0.153. The summed E-state index contributed by atoms with van der Waals surface area (Å²) in [5, 5.41) is 2.44. The monoisotopic (exact) mass is 201 g/mol. The average Bonchev–Trinajstić information content (AvgIpc) is 2.14. The number of hydrogen-bond donors (Lipinski definition) is 1. The molecule has 0 rings (SSSR count). The van der Waals surface area contributed by atoms with Crippen molar-refractivity contribution in [2.75, 3.05) is 27.7 Å². The molecule has 2 amide bonds. The van der Waals surface area contributed by atoms with Crippen molar-refractivity contribution < 1.29 is 14.3 Å². The van der Waals surface area contributed by atoms with Crippen LogP contribution < -0.4 is 5.32 Å². The van der Waals surface area contributed by atoms with Gasteiger partial charge in [0, 0.05) is 20.6 Å². The van der Waals surface area contributed by atoms with Crippen molar-refractivity contribution in [2.24, 2.45) is 4.99 Å². The maximum absolute atomic E-state index is 10.9. The van der Waals surface area contributed by atoms with E-state index in [1.807, 2.05) is 0 Å². The Morgan fingerprint density at radius 1 is 1.50 bits per heavy atom. The first-order valence-electron chi connectivity index (χ1n) is 4.11. The lowest BCUT2D eigenvalue weighted by atomic mass is 10.4. The van der Waals surface area contributed by atoms with Gasteiger partial charge >= 0.3 is 12.0 Å². The number of rotatable bonds is 4. The van der Waals surface area contributed by atoms with Crippen LogP contribution in [0.5, 0.6) is 0 Å². The van der Waals surface area contributed by atoms with E-state index in [1.54, 1.807) is 19.0 Å². The third-order valence-electron chi connectivity index (χ3n) is 1.24. The summed E-state index contributed by atoms with van der Waals surface area (Å²) in [5.41, 5.74) is 0. The van der Waals surface area contributed by atoms with Gasteiger partial charge in [0.05, 0.1) is 19.9 Å². The second-order valence-corrected chi connectivity index (χ2v) is 2.77. The molecule has 6 heteroatoms. The first-order valence-corrected chi connectivity index (χ1v) is 4.11. The molecular weight excluding hydrogens is 186 g/mol. The summed E-state index contributed by atoms with van der Waals surface area (Å²) in [5.74, 6) is -0.359. The second kappa shape index (κ2) is 6.88. The summed E-state index contributed by atoms with van der Waals surface area (Å²) in [7, 11) is 4.81. The van der Waals surface area contributed by atoms with Crippen LogP contribution in [0.25, 0.3) is 0 Å². The molecule has 14 heavy (non-hydrogen) atoms. The zero-order chi connectivity index (χ0) is 11.0. The Labute approximate surface area is 82.9 Å². The van der Waals surface area contributed by atoms with Gasteiger partial charge in [-0.3, -0.25) is 4.79 Å². The van der Waals surface area contributed by atoms with Gasteiger partial charge in [0.1, 0.15) is 0 Å². The number of carbonyl (C=O) groups is 2. The van der Waals surface area contributed by atoms with Crippen molar-refractivity contribution in [1.82, 2.24) is 10.2 Å². The van der Waals surface area contributed by atoms with Gasteiger partial charge < -0.3 is 15.0 Å². The van der Waals surface area contributed by atoms with E-state index in [-0.39, 0.29) is 18.9 Å². The SMILES string of the molecule is COC(=O)CCNC(=O)N=CN(C)C. The van der Waals surface area contributed by atoms with Gasteiger partial charge in [-0.2, -0.15) is 4.99 Å². The summed E-state index contributed by atoms with van der Waals surface area (Å²) in [6.07, 6.45) is 1.53. The molecule has 0 saturated carbocycles. The molecule has 0 bridgehead atoms. The van der Waals surface area contributed by atoms with Crippen LogP contribution >= 0.6 is 0 Å². The molecule has 0 heterocycles. The average molecular weight is 201 g/mol. The van der Waals surface area contributed by atoms with Crippen LogP contribution in [-0.4, -0.2) is 51.0 Å². The third-order valence-corrected chi connectivity index (χ3v) is 1.24. The Morgan fingerprint density at radius 2 is 2.14 bits per heavy atom. The molecule has 0 aromatic heterocycles. The fourth-order valence-corrected chi connectivity index (χ4v) is 0.587. The summed E-state index contributed by atoms with van der Waals surface area (Å²) in [6, 6.07) is -0.470. The summed E-state index contributed by atoms with van der Waals surface area (Å²) in [6.45, 7) is 0.232. The van der Waals surface area contributed by atoms with Gasteiger partial charge in [0.2, 0.25) is 0 Å². The van der Waals surface area contributed by atoms with Gasteiger partial charge in [-0.15, -0.1) is 0 Å². The highest BCUT2D eigenvalue weighted by Crippen LogP contribution is 1.82. The lowest BCUT2D eigenvalue weighted by Gasteiger charge is -2.03. The molecular formula is C8H15N3O3. The van der Waals surface area contributed by atoms with Gasteiger partial charge in [0.25, 0.3) is 0 Å². The highest BCUT2D eigenvalue weighted by molar-refractivity contribution is 5.83. The molecule has 80 valence electrons. The highest BCUT2D eigenvalue weighted by atomic mass is 16.5.